The molecule has 15 heavy (non-hydrogen) atoms. The van der Waals surface area contributed by atoms with Crippen LogP contribution in [0.15, 0.2) is 6.07 Å². The minimum Gasteiger partial charge on any atom is -0.358 e. The van der Waals surface area contributed by atoms with Crippen LogP contribution in [0.1, 0.15) is 18.4 Å². The molecule has 0 aliphatic carbocycles. The molecule has 0 fully saturated rings. The lowest BCUT2D eigenvalue weighted by Gasteiger charge is -2.18. The van der Waals surface area contributed by atoms with Crippen molar-refractivity contribution in [2.24, 2.45) is 0 Å². The molecule has 0 aliphatic rings. The average Bonchev–Trinajstić information content (AvgIpc) is 2.16. The van der Waals surface area contributed by atoms with Gasteiger partial charge in [0, 0.05) is 31.9 Å². The van der Waals surface area contributed by atoms with E-state index in [1.165, 1.54) is 0 Å². The number of rotatable bonds is 5. The molecule has 1 aromatic rings. The Kier molecular flexibility index (Phi) is 4.49. The molecule has 84 valence electrons. The summed E-state index contributed by atoms with van der Waals surface area (Å²) in [5.41, 5.74) is 1.02. The second-order valence-corrected chi connectivity index (χ2v) is 3.69. The topological polar surface area (TPSA) is 41.0 Å². The van der Waals surface area contributed by atoms with E-state index in [0.29, 0.717) is 0 Å². The van der Waals surface area contributed by atoms with E-state index in [4.69, 9.17) is 0 Å². The molecule has 0 atom stereocenters. The van der Waals surface area contributed by atoms with Crippen LogP contribution >= 0.6 is 0 Å². The van der Waals surface area contributed by atoms with Gasteiger partial charge in [-0.2, -0.15) is 0 Å². The molecule has 0 radical (unpaired) electrons. The minimum absolute atomic E-state index is 0.834. The van der Waals surface area contributed by atoms with Gasteiger partial charge in [-0.1, -0.05) is 6.92 Å². The van der Waals surface area contributed by atoms with Gasteiger partial charge in [-0.3, -0.25) is 0 Å². The minimum atomic E-state index is 0.834. The summed E-state index contributed by atoms with van der Waals surface area (Å²) in [6.45, 7) is 8.98. The van der Waals surface area contributed by atoms with E-state index >= 15 is 0 Å². The molecule has 0 saturated carbocycles. The smallest absolute Gasteiger partial charge is 0.132 e. The molecule has 0 saturated heterocycles. The van der Waals surface area contributed by atoms with Gasteiger partial charge >= 0.3 is 0 Å². The van der Waals surface area contributed by atoms with Gasteiger partial charge in [0.05, 0.1) is 0 Å². The molecule has 4 nitrogen and oxygen atoms in total. The summed E-state index contributed by atoms with van der Waals surface area (Å²) in [4.78, 5) is 10.8. The molecule has 0 aromatic carbocycles. The first-order valence-electron chi connectivity index (χ1n) is 5.37. The summed E-state index contributed by atoms with van der Waals surface area (Å²) in [5, 5.41) is 3.29. The maximum atomic E-state index is 4.40. The first-order valence-corrected chi connectivity index (χ1v) is 5.37. The summed E-state index contributed by atoms with van der Waals surface area (Å²) < 4.78 is 0. The first-order chi connectivity index (χ1) is 7.13. The van der Waals surface area contributed by atoms with E-state index in [0.717, 1.165) is 37.0 Å². The third-order valence-corrected chi connectivity index (χ3v) is 2.22. The molecule has 0 spiro atoms. The second kappa shape index (κ2) is 5.66. The second-order valence-electron chi connectivity index (χ2n) is 3.69. The van der Waals surface area contributed by atoms with E-state index < -0.39 is 0 Å². The Bertz CT molecular complexity index is 291. The molecule has 1 aromatic heterocycles. The average molecular weight is 208 g/mol. The maximum absolute atomic E-state index is 4.40. The number of hydrogen-bond acceptors (Lipinski definition) is 4. The molecule has 0 bridgehead atoms. The molecular weight excluding hydrogens is 188 g/mol. The van der Waals surface area contributed by atoms with Crippen LogP contribution in [-0.2, 0) is 0 Å². The van der Waals surface area contributed by atoms with Gasteiger partial charge < -0.3 is 10.2 Å². The van der Waals surface area contributed by atoms with Gasteiger partial charge in [-0.15, -0.1) is 0 Å². The number of nitrogens with zero attached hydrogens (tertiary/aromatic N) is 3. The fraction of sp³-hybridized carbons (Fsp3) is 0.636. The highest BCUT2D eigenvalue weighted by Crippen LogP contribution is 2.09. The van der Waals surface area contributed by atoms with Gasteiger partial charge in [0.15, 0.2) is 0 Å². The fourth-order valence-electron chi connectivity index (χ4n) is 1.43. The highest BCUT2D eigenvalue weighted by molar-refractivity contribution is 5.38. The zero-order valence-corrected chi connectivity index (χ0v) is 10.0. The summed E-state index contributed by atoms with van der Waals surface area (Å²) in [5.74, 6) is 1.83. The van der Waals surface area contributed by atoms with Crippen molar-refractivity contribution in [3.05, 3.63) is 17.6 Å². The molecule has 1 heterocycles. The van der Waals surface area contributed by atoms with Crippen molar-refractivity contribution in [1.29, 1.82) is 0 Å². The number of hydrogen-bond donors (Lipinski definition) is 1. The number of nitrogens with one attached hydrogen (secondary N) is 1. The van der Waals surface area contributed by atoms with Crippen LogP contribution in [0.25, 0.3) is 0 Å². The Morgan fingerprint density at radius 2 is 2.07 bits per heavy atom. The van der Waals surface area contributed by atoms with Gasteiger partial charge in [0.2, 0.25) is 0 Å². The molecule has 1 rings (SSSR count). The van der Waals surface area contributed by atoms with Crippen LogP contribution in [-0.4, -0.2) is 36.6 Å². The molecule has 0 unspecified atom stereocenters. The predicted molar refractivity (Wildman–Crippen MR) is 63.3 cm³/mol. The molecule has 4 heteroatoms. The largest absolute Gasteiger partial charge is 0.358 e. The lowest BCUT2D eigenvalue weighted by molar-refractivity contribution is 0.701. The van der Waals surface area contributed by atoms with Gasteiger partial charge in [-0.05, 0) is 20.4 Å². The van der Waals surface area contributed by atoms with Crippen LogP contribution in [0, 0.1) is 13.8 Å². The van der Waals surface area contributed by atoms with E-state index in [-0.39, 0.29) is 0 Å². The Hall–Kier alpha value is -1.16. The highest BCUT2D eigenvalue weighted by Gasteiger charge is 2.03. The van der Waals surface area contributed by atoms with Gasteiger partial charge in [0.25, 0.3) is 0 Å². The van der Waals surface area contributed by atoms with Crippen LogP contribution in [0.5, 0.6) is 0 Å². The highest BCUT2D eigenvalue weighted by atomic mass is 15.2. The van der Waals surface area contributed by atoms with Crippen molar-refractivity contribution < 1.29 is 0 Å². The van der Waals surface area contributed by atoms with Crippen molar-refractivity contribution in [2.75, 3.05) is 31.6 Å². The molecule has 0 amide bonds. The lowest BCUT2D eigenvalue weighted by atomic mass is 10.4. The van der Waals surface area contributed by atoms with Gasteiger partial charge in [-0.25, -0.2) is 9.97 Å². The van der Waals surface area contributed by atoms with Gasteiger partial charge in [0.1, 0.15) is 11.6 Å². The monoisotopic (exact) mass is 208 g/mol. The Morgan fingerprint density at radius 3 is 2.67 bits per heavy atom. The van der Waals surface area contributed by atoms with Crippen LogP contribution in [0.2, 0.25) is 0 Å². The fourth-order valence-corrected chi connectivity index (χ4v) is 1.43. The van der Waals surface area contributed by atoms with E-state index in [2.05, 4.69) is 34.2 Å². The molecule has 1 N–H and O–H groups in total. The van der Waals surface area contributed by atoms with Crippen molar-refractivity contribution in [1.82, 2.24) is 15.3 Å². The van der Waals surface area contributed by atoms with Crippen LogP contribution in [0.4, 0.5) is 5.82 Å². The van der Waals surface area contributed by atoms with Crippen molar-refractivity contribution >= 4 is 5.82 Å². The standard InChI is InChI=1S/C11H20N4/c1-5-12-6-7-15(4)11-8-9(2)13-10(3)14-11/h8,12H,5-7H2,1-4H3. The zero-order chi connectivity index (χ0) is 11.3. The quantitative estimate of drug-likeness (QED) is 0.737. The van der Waals surface area contributed by atoms with Crippen molar-refractivity contribution in [3.63, 3.8) is 0 Å². The normalized spacial score (nSPS) is 10.4. The SMILES string of the molecule is CCNCCN(C)c1cc(C)nc(C)n1. The summed E-state index contributed by atoms with van der Waals surface area (Å²) in [7, 11) is 2.05. The van der Waals surface area contributed by atoms with Crippen molar-refractivity contribution in [2.45, 2.75) is 20.8 Å². The number of aryl methyl sites for hydroxylation is 2. The number of likely N-dealkylation sites (N-methyl/N-ethyl adjacent to an activating group) is 2. The zero-order valence-electron chi connectivity index (χ0n) is 10.0. The molecule has 0 aliphatic heterocycles. The van der Waals surface area contributed by atoms with E-state index in [1.807, 2.05) is 19.9 Å². The van der Waals surface area contributed by atoms with Crippen molar-refractivity contribution in [3.8, 4) is 0 Å². The Morgan fingerprint density at radius 1 is 1.33 bits per heavy atom. The first kappa shape index (κ1) is 11.9. The van der Waals surface area contributed by atoms with Crippen LogP contribution < -0.4 is 10.2 Å². The Labute approximate surface area is 91.7 Å². The summed E-state index contributed by atoms with van der Waals surface area (Å²) in [6, 6.07) is 2.01. The third kappa shape index (κ3) is 3.83. The maximum Gasteiger partial charge on any atom is 0.132 e. The summed E-state index contributed by atoms with van der Waals surface area (Å²) >= 11 is 0. The molecular formula is C11H20N4. The predicted octanol–water partition coefficient (Wildman–Crippen LogP) is 1.14. The number of aromatic nitrogens is 2. The van der Waals surface area contributed by atoms with E-state index in [9.17, 15) is 0 Å². The van der Waals surface area contributed by atoms with E-state index in [1.54, 1.807) is 0 Å². The third-order valence-electron chi connectivity index (χ3n) is 2.22. The number of anilines is 1. The van der Waals surface area contributed by atoms with Crippen LogP contribution in [0.3, 0.4) is 0 Å². The Balaban J connectivity index is 2.60. The lowest BCUT2D eigenvalue weighted by Crippen LogP contribution is -2.29. The summed E-state index contributed by atoms with van der Waals surface area (Å²) in [6.07, 6.45) is 0.